The zero-order valence-corrected chi connectivity index (χ0v) is 18.8. The monoisotopic (exact) mass is 474 g/mol. The van der Waals surface area contributed by atoms with E-state index in [-0.39, 0.29) is 31.2 Å². The maximum Gasteiger partial charge on any atom is 0.321 e. The lowest BCUT2D eigenvalue weighted by Gasteiger charge is -2.13. The molecule has 0 atom stereocenters. The standard InChI is InChI=1S/C18H26N4O9S/c1-4-30-17(24)6-5-9-19-16(23)12-31-18(25)11-20-32(28,29)13-7-8-14(21(2)3)15(10-13)22(26)27/h7-8,10,20H,4-6,9,11-12H2,1-3H3,(H,19,23). The van der Waals surface area contributed by atoms with Gasteiger partial charge in [0.15, 0.2) is 6.61 Å². The molecule has 0 aliphatic rings. The number of anilines is 1. The van der Waals surface area contributed by atoms with E-state index in [1.165, 1.54) is 17.0 Å². The van der Waals surface area contributed by atoms with Crippen LogP contribution in [-0.4, -0.2) is 71.6 Å². The van der Waals surface area contributed by atoms with Gasteiger partial charge in [-0.15, -0.1) is 0 Å². The maximum atomic E-state index is 12.3. The van der Waals surface area contributed by atoms with Crippen LogP contribution in [0.5, 0.6) is 0 Å². The van der Waals surface area contributed by atoms with Gasteiger partial charge in [-0.25, -0.2) is 8.42 Å². The third kappa shape index (κ3) is 8.85. The molecule has 0 unspecified atom stereocenters. The van der Waals surface area contributed by atoms with Crippen molar-refractivity contribution in [2.45, 2.75) is 24.7 Å². The number of nitro benzene ring substituents is 1. The highest BCUT2D eigenvalue weighted by Crippen LogP contribution is 2.29. The largest absolute Gasteiger partial charge is 0.466 e. The molecule has 1 rings (SSSR count). The minimum Gasteiger partial charge on any atom is -0.466 e. The zero-order valence-electron chi connectivity index (χ0n) is 18.0. The molecule has 178 valence electrons. The second kappa shape index (κ2) is 12.6. The van der Waals surface area contributed by atoms with Crippen molar-refractivity contribution in [3.8, 4) is 0 Å². The number of carbonyl (C=O) groups is 3. The van der Waals surface area contributed by atoms with Crippen molar-refractivity contribution < 1.29 is 37.2 Å². The van der Waals surface area contributed by atoms with E-state index in [9.17, 15) is 32.9 Å². The molecule has 0 radical (unpaired) electrons. The van der Waals surface area contributed by atoms with Crippen molar-refractivity contribution in [2.75, 3.05) is 45.3 Å². The van der Waals surface area contributed by atoms with Crippen LogP contribution in [0.3, 0.4) is 0 Å². The quantitative estimate of drug-likeness (QED) is 0.171. The van der Waals surface area contributed by atoms with Crippen LogP contribution in [0.2, 0.25) is 0 Å². The fourth-order valence-electron chi connectivity index (χ4n) is 2.37. The number of ether oxygens (including phenoxy) is 2. The molecule has 1 aromatic carbocycles. The van der Waals surface area contributed by atoms with Gasteiger partial charge in [-0.3, -0.25) is 24.5 Å². The molecule has 0 saturated heterocycles. The third-order valence-electron chi connectivity index (χ3n) is 3.89. The second-order valence-electron chi connectivity index (χ2n) is 6.55. The number of carbonyl (C=O) groups excluding carboxylic acids is 3. The fraction of sp³-hybridized carbons (Fsp3) is 0.500. The number of amides is 1. The second-order valence-corrected chi connectivity index (χ2v) is 8.31. The molecule has 2 N–H and O–H groups in total. The Morgan fingerprint density at radius 1 is 1.16 bits per heavy atom. The van der Waals surface area contributed by atoms with Gasteiger partial charge >= 0.3 is 11.9 Å². The van der Waals surface area contributed by atoms with Crippen LogP contribution in [0.4, 0.5) is 11.4 Å². The minimum absolute atomic E-state index is 0.128. The smallest absolute Gasteiger partial charge is 0.321 e. The predicted octanol–water partition coefficient (Wildman–Crippen LogP) is -0.0582. The Labute approximate surface area is 185 Å². The van der Waals surface area contributed by atoms with Crippen LogP contribution < -0.4 is 14.9 Å². The fourth-order valence-corrected chi connectivity index (χ4v) is 3.36. The van der Waals surface area contributed by atoms with Crippen molar-refractivity contribution in [2.24, 2.45) is 0 Å². The summed E-state index contributed by atoms with van der Waals surface area (Å²) in [5, 5.41) is 13.6. The third-order valence-corrected chi connectivity index (χ3v) is 5.29. The van der Waals surface area contributed by atoms with Gasteiger partial charge in [0.05, 0.1) is 16.4 Å². The van der Waals surface area contributed by atoms with Crippen molar-refractivity contribution in [1.29, 1.82) is 0 Å². The Morgan fingerprint density at radius 2 is 1.84 bits per heavy atom. The molecule has 1 aromatic rings. The molecule has 32 heavy (non-hydrogen) atoms. The number of esters is 2. The molecule has 0 fully saturated rings. The van der Waals surface area contributed by atoms with E-state index in [2.05, 4.69) is 10.1 Å². The van der Waals surface area contributed by atoms with Crippen LogP contribution in [0, 0.1) is 10.1 Å². The summed E-state index contributed by atoms with van der Waals surface area (Å²) in [4.78, 5) is 46.1. The molecule has 0 heterocycles. The van der Waals surface area contributed by atoms with Gasteiger partial charge in [-0.05, 0) is 25.5 Å². The Morgan fingerprint density at radius 3 is 2.44 bits per heavy atom. The van der Waals surface area contributed by atoms with E-state index in [0.717, 1.165) is 6.07 Å². The lowest BCUT2D eigenvalue weighted by Crippen LogP contribution is -2.34. The van der Waals surface area contributed by atoms with Crippen molar-refractivity contribution in [3.63, 3.8) is 0 Å². The average molecular weight is 474 g/mol. The summed E-state index contributed by atoms with van der Waals surface area (Å²) in [5.74, 6) is -2.03. The highest BCUT2D eigenvalue weighted by Gasteiger charge is 2.23. The van der Waals surface area contributed by atoms with Crippen LogP contribution in [-0.2, 0) is 33.9 Å². The maximum absolute atomic E-state index is 12.3. The van der Waals surface area contributed by atoms with Crippen molar-refractivity contribution >= 4 is 39.2 Å². The Hall–Kier alpha value is -3.26. The number of sulfonamides is 1. The van der Waals surface area contributed by atoms with E-state index in [1.807, 2.05) is 4.72 Å². The molecule has 1 amide bonds. The van der Waals surface area contributed by atoms with Gasteiger partial charge in [0, 0.05) is 33.1 Å². The molecular weight excluding hydrogens is 448 g/mol. The number of nitro groups is 1. The normalized spacial score (nSPS) is 10.8. The van der Waals surface area contributed by atoms with Crippen LogP contribution in [0.15, 0.2) is 23.1 Å². The van der Waals surface area contributed by atoms with E-state index < -0.39 is 50.6 Å². The summed E-state index contributed by atoms with van der Waals surface area (Å²) in [6.07, 6.45) is 0.473. The van der Waals surface area contributed by atoms with Gasteiger partial charge in [-0.2, -0.15) is 4.72 Å². The Kier molecular flexibility index (Phi) is 10.5. The van der Waals surface area contributed by atoms with Crippen molar-refractivity contribution in [3.05, 3.63) is 28.3 Å². The molecule has 0 bridgehead atoms. The molecule has 0 saturated carbocycles. The van der Waals surface area contributed by atoms with Crippen molar-refractivity contribution in [1.82, 2.24) is 10.0 Å². The number of hydrogen-bond donors (Lipinski definition) is 2. The first-order valence-electron chi connectivity index (χ1n) is 9.51. The van der Waals surface area contributed by atoms with Gasteiger partial charge < -0.3 is 19.7 Å². The predicted molar refractivity (Wildman–Crippen MR) is 112 cm³/mol. The minimum atomic E-state index is -4.24. The molecule has 0 aliphatic carbocycles. The van der Waals surface area contributed by atoms with Crippen LogP contribution in [0.1, 0.15) is 19.8 Å². The van der Waals surface area contributed by atoms with E-state index in [1.54, 1.807) is 21.0 Å². The summed E-state index contributed by atoms with van der Waals surface area (Å²) >= 11 is 0. The number of nitrogens with one attached hydrogen (secondary N) is 2. The average Bonchev–Trinajstić information content (AvgIpc) is 2.73. The first-order valence-corrected chi connectivity index (χ1v) is 11.0. The highest BCUT2D eigenvalue weighted by atomic mass is 32.2. The van der Waals surface area contributed by atoms with Gasteiger partial charge in [0.25, 0.3) is 11.6 Å². The summed E-state index contributed by atoms with van der Waals surface area (Å²) < 4.78 is 36.1. The lowest BCUT2D eigenvalue weighted by atomic mass is 10.2. The topological polar surface area (TPSA) is 174 Å². The first kappa shape index (κ1) is 26.8. The van der Waals surface area contributed by atoms with Gasteiger partial charge in [-0.1, -0.05) is 0 Å². The van der Waals surface area contributed by atoms with Gasteiger partial charge in [0.2, 0.25) is 10.0 Å². The van der Waals surface area contributed by atoms with E-state index in [4.69, 9.17) is 4.74 Å². The van der Waals surface area contributed by atoms with E-state index in [0.29, 0.717) is 6.42 Å². The number of benzene rings is 1. The molecule has 13 nitrogen and oxygen atoms in total. The highest BCUT2D eigenvalue weighted by molar-refractivity contribution is 7.89. The summed E-state index contributed by atoms with van der Waals surface area (Å²) in [5.41, 5.74) is -0.207. The van der Waals surface area contributed by atoms with Crippen LogP contribution in [0.25, 0.3) is 0 Å². The molecule has 0 aliphatic heterocycles. The molecule has 0 spiro atoms. The zero-order chi connectivity index (χ0) is 24.3. The summed E-state index contributed by atoms with van der Waals surface area (Å²) in [6.45, 7) is 0.705. The first-order chi connectivity index (χ1) is 15.0. The summed E-state index contributed by atoms with van der Waals surface area (Å²) in [7, 11) is -1.10. The lowest BCUT2D eigenvalue weighted by molar-refractivity contribution is -0.384. The SMILES string of the molecule is CCOC(=O)CCCNC(=O)COC(=O)CNS(=O)(=O)c1ccc(N(C)C)c([N+](=O)[O-])c1. The Balaban J connectivity index is 2.51. The number of rotatable bonds is 13. The van der Waals surface area contributed by atoms with E-state index >= 15 is 0 Å². The number of nitrogens with zero attached hydrogens (tertiary/aromatic N) is 2. The molecular formula is C18H26N4O9S. The molecule has 0 aromatic heterocycles. The van der Waals surface area contributed by atoms with Gasteiger partial charge in [0.1, 0.15) is 12.2 Å². The summed E-state index contributed by atoms with van der Waals surface area (Å²) in [6, 6.07) is 3.32. The number of hydrogen-bond acceptors (Lipinski definition) is 10. The molecule has 14 heteroatoms. The van der Waals surface area contributed by atoms with Crippen LogP contribution >= 0.6 is 0 Å². The Bertz CT molecular complexity index is 948.